The summed E-state index contributed by atoms with van der Waals surface area (Å²) in [6, 6.07) is 14.2. The number of benzene rings is 2. The number of nitrogen functional groups attached to an aromatic ring is 1. The van der Waals surface area contributed by atoms with Gasteiger partial charge in [0.1, 0.15) is 16.4 Å². The van der Waals surface area contributed by atoms with Crippen molar-refractivity contribution >= 4 is 39.0 Å². The van der Waals surface area contributed by atoms with Gasteiger partial charge in [0.25, 0.3) is 5.56 Å². The molecule has 0 radical (unpaired) electrons. The molecular weight excluding hydrogens is 446 g/mol. The summed E-state index contributed by atoms with van der Waals surface area (Å²) < 4.78 is 1.05. The Morgan fingerprint density at radius 2 is 2.06 bits per heavy atom. The Bertz CT molecular complexity index is 1370. The van der Waals surface area contributed by atoms with Crippen LogP contribution in [0.2, 0.25) is 0 Å². The lowest BCUT2D eigenvalue weighted by molar-refractivity contribution is 0.479. The summed E-state index contributed by atoms with van der Waals surface area (Å²) in [7, 11) is 0. The van der Waals surface area contributed by atoms with Gasteiger partial charge in [0.2, 0.25) is 5.95 Å². The Kier molecular flexibility index (Phi) is 5.43. The standard InChI is InChI=1S/C25H27N7OS/c26-17-8-7-15-9-11-32(14-16(15)12-17)25-30-22(28-18-4-3-10-27-13-18)21(23(33)31-25)24-29-19-5-1-2-6-20(19)34-24/h1-2,5-8,12,18,27H,3-4,9-11,13-14,26H2,(H2,28,30,31,33)/t18-/m1/s1. The third kappa shape index (κ3) is 4.01. The van der Waals surface area contributed by atoms with Crippen molar-refractivity contribution < 1.29 is 0 Å². The highest BCUT2D eigenvalue weighted by Gasteiger charge is 2.24. The number of nitrogens with one attached hydrogen (secondary N) is 3. The Labute approximate surface area is 201 Å². The van der Waals surface area contributed by atoms with Crippen LogP contribution in [0.5, 0.6) is 0 Å². The molecule has 5 N–H and O–H groups in total. The summed E-state index contributed by atoms with van der Waals surface area (Å²) >= 11 is 1.52. The minimum absolute atomic E-state index is 0.173. The number of nitrogens with zero attached hydrogens (tertiary/aromatic N) is 3. The van der Waals surface area contributed by atoms with E-state index in [-0.39, 0.29) is 11.6 Å². The van der Waals surface area contributed by atoms with Gasteiger partial charge in [0, 0.05) is 31.4 Å². The van der Waals surface area contributed by atoms with Crippen LogP contribution in [0.25, 0.3) is 20.8 Å². The smallest absolute Gasteiger partial charge is 0.264 e. The lowest BCUT2D eigenvalue weighted by Gasteiger charge is -2.30. The molecule has 0 saturated carbocycles. The fourth-order valence-electron chi connectivity index (χ4n) is 4.82. The van der Waals surface area contributed by atoms with Crippen molar-refractivity contribution in [3.8, 4) is 10.6 Å². The number of hydrogen-bond donors (Lipinski definition) is 4. The highest BCUT2D eigenvalue weighted by molar-refractivity contribution is 7.21. The first-order chi connectivity index (χ1) is 16.6. The molecule has 2 aromatic carbocycles. The van der Waals surface area contributed by atoms with Crippen LogP contribution in [0.15, 0.2) is 47.3 Å². The van der Waals surface area contributed by atoms with E-state index in [9.17, 15) is 4.79 Å². The summed E-state index contributed by atoms with van der Waals surface area (Å²) in [5, 5.41) is 7.69. The van der Waals surface area contributed by atoms with Crippen LogP contribution < -0.4 is 26.8 Å². The van der Waals surface area contributed by atoms with E-state index in [1.165, 1.54) is 22.5 Å². The van der Waals surface area contributed by atoms with Crippen molar-refractivity contribution in [1.82, 2.24) is 20.3 Å². The molecule has 4 heterocycles. The van der Waals surface area contributed by atoms with Crippen LogP contribution >= 0.6 is 11.3 Å². The zero-order valence-electron chi connectivity index (χ0n) is 18.8. The average Bonchev–Trinajstić information content (AvgIpc) is 3.27. The van der Waals surface area contributed by atoms with E-state index in [0.29, 0.717) is 28.9 Å². The number of anilines is 3. The van der Waals surface area contributed by atoms with Crippen LogP contribution in [0.3, 0.4) is 0 Å². The first-order valence-corrected chi connectivity index (χ1v) is 12.6. The maximum atomic E-state index is 13.5. The molecule has 0 spiro atoms. The Balaban J connectivity index is 1.41. The topological polar surface area (TPSA) is 112 Å². The molecule has 2 aromatic heterocycles. The maximum Gasteiger partial charge on any atom is 0.264 e. The monoisotopic (exact) mass is 473 g/mol. The van der Waals surface area contributed by atoms with Crippen LogP contribution in [0.4, 0.5) is 17.5 Å². The fourth-order valence-corrected chi connectivity index (χ4v) is 5.83. The van der Waals surface area contributed by atoms with E-state index >= 15 is 0 Å². The van der Waals surface area contributed by atoms with Crippen LogP contribution in [-0.2, 0) is 13.0 Å². The number of H-pyrrole nitrogens is 1. The molecule has 2 aliphatic heterocycles. The number of rotatable bonds is 4. The molecule has 34 heavy (non-hydrogen) atoms. The molecule has 0 amide bonds. The van der Waals surface area contributed by atoms with Gasteiger partial charge in [-0.05, 0) is 61.2 Å². The van der Waals surface area contributed by atoms with Gasteiger partial charge in [-0.1, -0.05) is 18.2 Å². The zero-order valence-corrected chi connectivity index (χ0v) is 19.6. The number of nitrogens with two attached hydrogens (primary N) is 1. The van der Waals surface area contributed by atoms with Gasteiger partial charge in [-0.25, -0.2) is 4.98 Å². The molecule has 1 saturated heterocycles. The Hall–Kier alpha value is -3.43. The second-order valence-electron chi connectivity index (χ2n) is 8.99. The molecule has 2 aliphatic rings. The van der Waals surface area contributed by atoms with Gasteiger partial charge >= 0.3 is 0 Å². The summed E-state index contributed by atoms with van der Waals surface area (Å²) in [4.78, 5) is 28.4. The maximum absolute atomic E-state index is 13.5. The molecule has 1 atom stereocenters. The number of thiazole rings is 1. The summed E-state index contributed by atoms with van der Waals surface area (Å²) in [5.41, 5.74) is 10.5. The van der Waals surface area contributed by atoms with Gasteiger partial charge in [-0.2, -0.15) is 4.98 Å². The highest BCUT2D eigenvalue weighted by Crippen LogP contribution is 2.33. The molecule has 0 unspecified atom stereocenters. The number of fused-ring (bicyclic) bond motifs is 2. The van der Waals surface area contributed by atoms with Crippen molar-refractivity contribution in [1.29, 1.82) is 0 Å². The van der Waals surface area contributed by atoms with E-state index in [1.54, 1.807) is 0 Å². The number of hydrogen-bond acceptors (Lipinski definition) is 8. The molecule has 0 aliphatic carbocycles. The van der Waals surface area contributed by atoms with Crippen molar-refractivity contribution in [2.75, 3.05) is 35.6 Å². The quantitative estimate of drug-likeness (QED) is 0.336. The predicted molar refractivity (Wildman–Crippen MR) is 139 cm³/mol. The molecule has 4 aromatic rings. The molecule has 0 bridgehead atoms. The van der Waals surface area contributed by atoms with Crippen molar-refractivity contribution in [3.63, 3.8) is 0 Å². The first-order valence-electron chi connectivity index (χ1n) is 11.7. The number of aromatic nitrogens is 3. The van der Waals surface area contributed by atoms with E-state index in [0.717, 1.165) is 54.8 Å². The van der Waals surface area contributed by atoms with E-state index in [4.69, 9.17) is 15.7 Å². The van der Waals surface area contributed by atoms with E-state index in [1.807, 2.05) is 36.4 Å². The second kappa shape index (κ2) is 8.73. The third-order valence-electron chi connectivity index (χ3n) is 6.59. The predicted octanol–water partition coefficient (Wildman–Crippen LogP) is 3.36. The molecule has 174 valence electrons. The summed E-state index contributed by atoms with van der Waals surface area (Å²) in [6.45, 7) is 3.31. The van der Waals surface area contributed by atoms with Gasteiger partial charge in [0.05, 0.1) is 10.2 Å². The van der Waals surface area contributed by atoms with Crippen molar-refractivity contribution in [2.24, 2.45) is 0 Å². The number of para-hydroxylation sites is 1. The first kappa shape index (κ1) is 21.1. The number of aromatic amines is 1. The van der Waals surface area contributed by atoms with Gasteiger partial charge in [0.15, 0.2) is 0 Å². The summed E-state index contributed by atoms with van der Waals surface area (Å²) in [6.07, 6.45) is 3.01. The SMILES string of the molecule is Nc1ccc2c(c1)CN(c1nc(N[C@@H]3CCCNC3)c(-c3nc4ccccc4s3)c(=O)[nH]1)CC2. The van der Waals surface area contributed by atoms with Crippen molar-refractivity contribution in [3.05, 3.63) is 63.9 Å². The van der Waals surface area contributed by atoms with E-state index in [2.05, 4.69) is 26.6 Å². The van der Waals surface area contributed by atoms with Gasteiger partial charge < -0.3 is 21.3 Å². The largest absolute Gasteiger partial charge is 0.399 e. The normalized spacial score (nSPS) is 18.1. The molecule has 9 heteroatoms. The Morgan fingerprint density at radius 3 is 2.91 bits per heavy atom. The lowest BCUT2D eigenvalue weighted by atomic mass is 9.99. The zero-order chi connectivity index (χ0) is 23.1. The minimum Gasteiger partial charge on any atom is -0.399 e. The summed E-state index contributed by atoms with van der Waals surface area (Å²) in [5.74, 6) is 1.18. The molecule has 6 rings (SSSR count). The fraction of sp³-hybridized carbons (Fsp3) is 0.320. The third-order valence-corrected chi connectivity index (χ3v) is 7.65. The molecule has 8 nitrogen and oxygen atoms in total. The van der Waals surface area contributed by atoms with Crippen molar-refractivity contribution in [2.45, 2.75) is 31.8 Å². The molecular formula is C25H27N7OS. The average molecular weight is 474 g/mol. The van der Waals surface area contributed by atoms with Crippen LogP contribution in [-0.4, -0.2) is 40.6 Å². The molecule has 1 fully saturated rings. The lowest BCUT2D eigenvalue weighted by Crippen LogP contribution is -2.39. The minimum atomic E-state index is -0.173. The van der Waals surface area contributed by atoms with E-state index < -0.39 is 0 Å². The van der Waals surface area contributed by atoms with Gasteiger partial charge in [-0.3, -0.25) is 9.78 Å². The second-order valence-corrected chi connectivity index (χ2v) is 10.0. The highest BCUT2D eigenvalue weighted by atomic mass is 32.1. The number of piperidine rings is 1. The van der Waals surface area contributed by atoms with Crippen LogP contribution in [0, 0.1) is 0 Å². The van der Waals surface area contributed by atoms with Gasteiger partial charge in [-0.15, -0.1) is 11.3 Å². The Morgan fingerprint density at radius 1 is 1.15 bits per heavy atom. The van der Waals surface area contributed by atoms with Crippen LogP contribution in [0.1, 0.15) is 24.0 Å².